The number of nitriles is 1. The maximum Gasteiger partial charge on any atom is 0.259 e. The van der Waals surface area contributed by atoms with E-state index in [1.165, 1.54) is 20.1 Å². The SMILES string of the molecule is COc1ccccc1NC(=O)C(=Cc1ccc(C#N)cc1)C(C)=O. The number of carbonyl (C=O) groups excluding carboxylic acids is 2. The van der Waals surface area contributed by atoms with Gasteiger partial charge in [-0.25, -0.2) is 0 Å². The lowest BCUT2D eigenvalue weighted by atomic mass is 10.1. The summed E-state index contributed by atoms with van der Waals surface area (Å²) in [4.78, 5) is 24.3. The molecule has 5 nitrogen and oxygen atoms in total. The number of ether oxygens (including phenoxy) is 1. The fourth-order valence-electron chi connectivity index (χ4n) is 2.09. The number of amides is 1. The summed E-state index contributed by atoms with van der Waals surface area (Å²) in [6.45, 7) is 1.33. The third kappa shape index (κ3) is 4.08. The number of rotatable bonds is 5. The van der Waals surface area contributed by atoms with Gasteiger partial charge in [0.15, 0.2) is 5.78 Å². The zero-order valence-corrected chi connectivity index (χ0v) is 13.4. The van der Waals surface area contributed by atoms with E-state index in [1.807, 2.05) is 6.07 Å². The molecule has 2 aromatic rings. The van der Waals surface area contributed by atoms with Crippen LogP contribution in [0, 0.1) is 11.3 Å². The molecular formula is C19H16N2O3. The highest BCUT2D eigenvalue weighted by Gasteiger charge is 2.16. The Labute approximate surface area is 140 Å². The summed E-state index contributed by atoms with van der Waals surface area (Å²) < 4.78 is 5.18. The molecule has 0 heterocycles. The Bertz CT molecular complexity index is 830. The van der Waals surface area contributed by atoms with E-state index in [0.29, 0.717) is 22.6 Å². The molecule has 0 radical (unpaired) electrons. The van der Waals surface area contributed by atoms with Gasteiger partial charge < -0.3 is 10.1 Å². The van der Waals surface area contributed by atoms with Crippen molar-refractivity contribution < 1.29 is 14.3 Å². The van der Waals surface area contributed by atoms with E-state index in [1.54, 1.807) is 48.5 Å². The normalized spacial score (nSPS) is 10.6. The van der Waals surface area contributed by atoms with Gasteiger partial charge in [0.1, 0.15) is 5.75 Å². The van der Waals surface area contributed by atoms with Crippen LogP contribution < -0.4 is 10.1 Å². The maximum absolute atomic E-state index is 12.4. The quantitative estimate of drug-likeness (QED) is 0.521. The number of para-hydroxylation sites is 2. The molecular weight excluding hydrogens is 304 g/mol. The van der Waals surface area contributed by atoms with Gasteiger partial charge in [0, 0.05) is 0 Å². The van der Waals surface area contributed by atoms with Crippen molar-refractivity contribution in [1.29, 1.82) is 5.26 Å². The van der Waals surface area contributed by atoms with Gasteiger partial charge in [0.2, 0.25) is 0 Å². The number of anilines is 1. The van der Waals surface area contributed by atoms with Crippen LogP contribution in [0.4, 0.5) is 5.69 Å². The van der Waals surface area contributed by atoms with Gasteiger partial charge >= 0.3 is 0 Å². The van der Waals surface area contributed by atoms with Crippen molar-refractivity contribution in [3.63, 3.8) is 0 Å². The number of carbonyl (C=O) groups is 2. The first kappa shape index (κ1) is 17.0. The molecule has 1 N–H and O–H groups in total. The fourth-order valence-corrected chi connectivity index (χ4v) is 2.09. The largest absolute Gasteiger partial charge is 0.495 e. The molecule has 0 fully saturated rings. The highest BCUT2D eigenvalue weighted by Crippen LogP contribution is 2.24. The van der Waals surface area contributed by atoms with Gasteiger partial charge in [0.25, 0.3) is 5.91 Å². The Kier molecular flexibility index (Phi) is 5.48. The lowest BCUT2D eigenvalue weighted by Crippen LogP contribution is -2.19. The van der Waals surface area contributed by atoms with E-state index >= 15 is 0 Å². The molecule has 0 aliphatic carbocycles. The number of methoxy groups -OCH3 is 1. The number of nitrogens with zero attached hydrogens (tertiary/aromatic N) is 1. The number of benzene rings is 2. The van der Waals surface area contributed by atoms with E-state index in [2.05, 4.69) is 5.32 Å². The molecule has 120 valence electrons. The van der Waals surface area contributed by atoms with E-state index < -0.39 is 5.91 Å². The molecule has 1 amide bonds. The second-order valence-electron chi connectivity index (χ2n) is 5.00. The molecule has 0 aliphatic heterocycles. The Morgan fingerprint density at radius 2 is 1.79 bits per heavy atom. The van der Waals surface area contributed by atoms with Crippen molar-refractivity contribution >= 4 is 23.5 Å². The third-order valence-electron chi connectivity index (χ3n) is 3.33. The molecule has 24 heavy (non-hydrogen) atoms. The number of Topliss-reactive ketones (excluding diaryl/α,β-unsaturated/α-hetero) is 1. The lowest BCUT2D eigenvalue weighted by Gasteiger charge is -2.10. The minimum Gasteiger partial charge on any atom is -0.495 e. The molecule has 0 bridgehead atoms. The molecule has 2 aromatic carbocycles. The highest BCUT2D eigenvalue weighted by atomic mass is 16.5. The van der Waals surface area contributed by atoms with Crippen LogP contribution in [0.5, 0.6) is 5.75 Å². The average molecular weight is 320 g/mol. The molecule has 5 heteroatoms. The van der Waals surface area contributed by atoms with Crippen LogP contribution in [0.3, 0.4) is 0 Å². The molecule has 0 saturated heterocycles. The van der Waals surface area contributed by atoms with Crippen LogP contribution in [-0.2, 0) is 9.59 Å². The van der Waals surface area contributed by atoms with Crippen molar-refractivity contribution in [2.24, 2.45) is 0 Å². The molecule has 0 saturated carbocycles. The number of hydrogen-bond acceptors (Lipinski definition) is 4. The molecule has 0 spiro atoms. The Hall–Kier alpha value is -3.39. The first-order chi connectivity index (χ1) is 11.5. The van der Waals surface area contributed by atoms with Crippen LogP contribution in [0.15, 0.2) is 54.1 Å². The van der Waals surface area contributed by atoms with Gasteiger partial charge in [0.05, 0.1) is 30.0 Å². The van der Waals surface area contributed by atoms with E-state index in [9.17, 15) is 9.59 Å². The summed E-state index contributed by atoms with van der Waals surface area (Å²) >= 11 is 0. The van der Waals surface area contributed by atoms with Crippen LogP contribution in [-0.4, -0.2) is 18.8 Å². The summed E-state index contributed by atoms with van der Waals surface area (Å²) in [5, 5.41) is 11.5. The summed E-state index contributed by atoms with van der Waals surface area (Å²) in [5.41, 5.74) is 1.67. The summed E-state index contributed by atoms with van der Waals surface area (Å²) in [6, 6.07) is 15.6. The standard InChI is InChI=1S/C19H16N2O3/c1-13(22)16(11-14-7-9-15(12-20)10-8-14)19(23)21-17-5-3-4-6-18(17)24-2/h3-11H,1-2H3,(H,21,23). The lowest BCUT2D eigenvalue weighted by molar-refractivity contribution is -0.118. The summed E-state index contributed by atoms with van der Waals surface area (Å²) in [6.07, 6.45) is 1.49. The third-order valence-corrected chi connectivity index (χ3v) is 3.33. The summed E-state index contributed by atoms with van der Waals surface area (Å²) in [7, 11) is 1.50. The van der Waals surface area contributed by atoms with Gasteiger partial charge in [-0.05, 0) is 42.8 Å². The molecule has 0 unspecified atom stereocenters. The van der Waals surface area contributed by atoms with Crippen LogP contribution >= 0.6 is 0 Å². The minimum atomic E-state index is -0.517. The monoisotopic (exact) mass is 320 g/mol. The number of hydrogen-bond donors (Lipinski definition) is 1. The first-order valence-electron chi connectivity index (χ1n) is 7.22. The first-order valence-corrected chi connectivity index (χ1v) is 7.22. The molecule has 0 aromatic heterocycles. The smallest absolute Gasteiger partial charge is 0.259 e. The zero-order chi connectivity index (χ0) is 17.5. The van der Waals surface area contributed by atoms with Crippen molar-refractivity contribution in [3.8, 4) is 11.8 Å². The van der Waals surface area contributed by atoms with E-state index in [-0.39, 0.29) is 11.4 Å². The van der Waals surface area contributed by atoms with Crippen LogP contribution in [0.2, 0.25) is 0 Å². The zero-order valence-electron chi connectivity index (χ0n) is 13.4. The van der Waals surface area contributed by atoms with Crippen LogP contribution in [0.25, 0.3) is 6.08 Å². The predicted molar refractivity (Wildman–Crippen MR) is 91.4 cm³/mol. The van der Waals surface area contributed by atoms with Crippen molar-refractivity contribution in [2.45, 2.75) is 6.92 Å². The molecule has 2 rings (SSSR count). The number of ketones is 1. The fraction of sp³-hybridized carbons (Fsp3) is 0.105. The van der Waals surface area contributed by atoms with Gasteiger partial charge in [-0.1, -0.05) is 24.3 Å². The Morgan fingerprint density at radius 1 is 1.12 bits per heavy atom. The molecule has 0 atom stereocenters. The van der Waals surface area contributed by atoms with Crippen LogP contribution in [0.1, 0.15) is 18.1 Å². The van der Waals surface area contributed by atoms with Crippen molar-refractivity contribution in [2.75, 3.05) is 12.4 Å². The second-order valence-corrected chi connectivity index (χ2v) is 5.00. The Balaban J connectivity index is 2.29. The van der Waals surface area contributed by atoms with Gasteiger partial charge in [-0.15, -0.1) is 0 Å². The van der Waals surface area contributed by atoms with Gasteiger partial charge in [-0.2, -0.15) is 5.26 Å². The highest BCUT2D eigenvalue weighted by molar-refractivity contribution is 6.25. The van der Waals surface area contributed by atoms with E-state index in [0.717, 1.165) is 0 Å². The van der Waals surface area contributed by atoms with E-state index in [4.69, 9.17) is 10.00 Å². The predicted octanol–water partition coefficient (Wildman–Crippen LogP) is 3.18. The van der Waals surface area contributed by atoms with Crippen molar-refractivity contribution in [1.82, 2.24) is 0 Å². The second kappa shape index (κ2) is 7.75. The summed E-state index contributed by atoms with van der Waals surface area (Å²) in [5.74, 6) is -0.366. The minimum absolute atomic E-state index is 0.0191. The Morgan fingerprint density at radius 3 is 2.38 bits per heavy atom. The topological polar surface area (TPSA) is 79.2 Å². The van der Waals surface area contributed by atoms with Gasteiger partial charge in [-0.3, -0.25) is 9.59 Å². The molecule has 0 aliphatic rings. The maximum atomic E-state index is 12.4. The van der Waals surface area contributed by atoms with Crippen molar-refractivity contribution in [3.05, 3.63) is 65.2 Å². The number of nitrogens with one attached hydrogen (secondary N) is 1. The average Bonchev–Trinajstić information content (AvgIpc) is 2.60.